The van der Waals surface area contributed by atoms with Crippen molar-refractivity contribution in [3.05, 3.63) is 21.4 Å². The maximum atomic E-state index is 11.7. The fourth-order valence-electron chi connectivity index (χ4n) is 2.29. The Bertz CT molecular complexity index is 445. The van der Waals surface area contributed by atoms with E-state index in [-0.39, 0.29) is 12.1 Å². The third-order valence-corrected chi connectivity index (χ3v) is 4.13. The molecule has 0 aromatic carbocycles. The van der Waals surface area contributed by atoms with Crippen molar-refractivity contribution in [2.45, 2.75) is 58.6 Å². The smallest absolute Gasteiger partial charge is 0.407 e. The minimum atomic E-state index is -0.428. The molecule has 1 aliphatic carbocycles. The summed E-state index contributed by atoms with van der Waals surface area (Å²) >= 11 is 1.81. The Labute approximate surface area is 113 Å². The average molecular weight is 267 g/mol. The molecule has 0 radical (unpaired) electrons. The number of hydrogen-bond acceptors (Lipinski definition) is 3. The molecule has 0 fully saturated rings. The molecular formula is C14H21NO2S. The minimum Gasteiger partial charge on any atom is -0.444 e. The molecule has 1 aromatic heterocycles. The minimum absolute atomic E-state index is 0.209. The first-order valence-corrected chi connectivity index (χ1v) is 7.28. The Kier molecular flexibility index (Phi) is 3.66. The van der Waals surface area contributed by atoms with Crippen LogP contribution in [0, 0.1) is 6.92 Å². The summed E-state index contributed by atoms with van der Waals surface area (Å²) < 4.78 is 5.29. The van der Waals surface area contributed by atoms with Crippen LogP contribution in [0.4, 0.5) is 4.79 Å². The summed E-state index contributed by atoms with van der Waals surface area (Å²) in [5.74, 6) is 0. The van der Waals surface area contributed by atoms with E-state index in [0.29, 0.717) is 0 Å². The lowest BCUT2D eigenvalue weighted by Gasteiger charge is -2.26. The van der Waals surface area contributed by atoms with Crippen LogP contribution in [0.15, 0.2) is 5.38 Å². The van der Waals surface area contributed by atoms with Crippen LogP contribution in [0.3, 0.4) is 0 Å². The van der Waals surface area contributed by atoms with Gasteiger partial charge in [-0.25, -0.2) is 4.79 Å². The van der Waals surface area contributed by atoms with Gasteiger partial charge in [0.05, 0.1) is 0 Å². The van der Waals surface area contributed by atoms with Gasteiger partial charge in [-0.2, -0.15) is 0 Å². The van der Waals surface area contributed by atoms with Crippen LogP contribution in [0.1, 0.15) is 43.2 Å². The quantitative estimate of drug-likeness (QED) is 0.846. The van der Waals surface area contributed by atoms with Crippen molar-refractivity contribution >= 4 is 17.4 Å². The van der Waals surface area contributed by atoms with Gasteiger partial charge in [0.25, 0.3) is 0 Å². The molecule has 100 valence electrons. The monoisotopic (exact) mass is 267 g/mol. The second-order valence-corrected chi connectivity index (χ2v) is 6.97. The standard InChI is InChI=1S/C14H21NO2S/c1-9-12-7-11(6-5-10(12)8-18-9)15-13(16)17-14(2,3)4/h8,11H,5-7H2,1-4H3,(H,15,16). The molecule has 0 saturated heterocycles. The molecule has 1 unspecified atom stereocenters. The largest absolute Gasteiger partial charge is 0.444 e. The van der Waals surface area contributed by atoms with Crippen molar-refractivity contribution in [2.24, 2.45) is 0 Å². The van der Waals surface area contributed by atoms with Crippen molar-refractivity contribution in [2.75, 3.05) is 0 Å². The van der Waals surface area contributed by atoms with Gasteiger partial charge >= 0.3 is 6.09 Å². The van der Waals surface area contributed by atoms with Gasteiger partial charge in [-0.1, -0.05) is 0 Å². The van der Waals surface area contributed by atoms with Crippen LogP contribution < -0.4 is 5.32 Å². The fraction of sp³-hybridized carbons (Fsp3) is 0.643. The van der Waals surface area contributed by atoms with Gasteiger partial charge in [0.1, 0.15) is 5.60 Å². The normalized spacial score (nSPS) is 19.2. The Morgan fingerprint density at radius 3 is 2.89 bits per heavy atom. The molecule has 1 atom stereocenters. The number of alkyl carbamates (subject to hydrolysis) is 1. The number of nitrogens with one attached hydrogen (secondary N) is 1. The Balaban J connectivity index is 1.94. The summed E-state index contributed by atoms with van der Waals surface area (Å²) in [6.07, 6.45) is 2.69. The van der Waals surface area contributed by atoms with Crippen LogP contribution in [0.25, 0.3) is 0 Å². The maximum absolute atomic E-state index is 11.7. The number of carbonyl (C=O) groups excluding carboxylic acids is 1. The molecule has 0 bridgehead atoms. The van der Waals surface area contributed by atoms with E-state index < -0.39 is 5.60 Å². The molecule has 0 aliphatic heterocycles. The highest BCUT2D eigenvalue weighted by Crippen LogP contribution is 2.29. The molecule has 4 heteroatoms. The second kappa shape index (κ2) is 4.92. The highest BCUT2D eigenvalue weighted by atomic mass is 32.1. The van der Waals surface area contributed by atoms with Crippen LogP contribution in [0.5, 0.6) is 0 Å². The number of rotatable bonds is 1. The van der Waals surface area contributed by atoms with Gasteiger partial charge in [-0.15, -0.1) is 11.3 Å². The van der Waals surface area contributed by atoms with Crippen molar-refractivity contribution < 1.29 is 9.53 Å². The van der Waals surface area contributed by atoms with Crippen molar-refractivity contribution in [3.63, 3.8) is 0 Å². The lowest BCUT2D eigenvalue weighted by atomic mass is 9.90. The number of aryl methyl sites for hydroxylation is 2. The Morgan fingerprint density at radius 2 is 2.22 bits per heavy atom. The van der Waals surface area contributed by atoms with Crippen molar-refractivity contribution in [3.8, 4) is 0 Å². The van der Waals surface area contributed by atoms with Crippen LogP contribution in [0.2, 0.25) is 0 Å². The maximum Gasteiger partial charge on any atom is 0.407 e. The Morgan fingerprint density at radius 1 is 1.50 bits per heavy atom. The molecular weight excluding hydrogens is 246 g/mol. The summed E-state index contributed by atoms with van der Waals surface area (Å²) in [7, 11) is 0. The van der Waals surface area contributed by atoms with Gasteiger partial charge in [0.15, 0.2) is 0 Å². The number of hydrogen-bond donors (Lipinski definition) is 1. The summed E-state index contributed by atoms with van der Waals surface area (Å²) in [5, 5.41) is 5.22. The second-order valence-electron chi connectivity index (χ2n) is 5.88. The third-order valence-electron chi connectivity index (χ3n) is 3.12. The van der Waals surface area contributed by atoms with Gasteiger partial charge in [0.2, 0.25) is 0 Å². The summed E-state index contributed by atoms with van der Waals surface area (Å²) in [5.41, 5.74) is 2.45. The molecule has 0 saturated carbocycles. The van der Waals surface area contributed by atoms with E-state index in [9.17, 15) is 4.79 Å². The number of ether oxygens (including phenoxy) is 1. The number of fused-ring (bicyclic) bond motifs is 1. The van der Waals surface area contributed by atoms with Gasteiger partial charge in [0, 0.05) is 10.9 Å². The highest BCUT2D eigenvalue weighted by molar-refractivity contribution is 7.10. The number of thiophene rings is 1. The van der Waals surface area contributed by atoms with E-state index in [2.05, 4.69) is 17.6 Å². The van der Waals surface area contributed by atoms with E-state index in [1.54, 1.807) is 0 Å². The lowest BCUT2D eigenvalue weighted by molar-refractivity contribution is 0.0500. The van der Waals surface area contributed by atoms with Crippen molar-refractivity contribution in [1.29, 1.82) is 0 Å². The molecule has 3 nitrogen and oxygen atoms in total. The van der Waals surface area contributed by atoms with Crippen LogP contribution >= 0.6 is 11.3 Å². The van der Waals surface area contributed by atoms with Crippen LogP contribution in [-0.2, 0) is 17.6 Å². The molecule has 1 aliphatic rings. The topological polar surface area (TPSA) is 38.3 Å². The summed E-state index contributed by atoms with van der Waals surface area (Å²) in [6.45, 7) is 7.80. The predicted molar refractivity (Wildman–Crippen MR) is 74.2 cm³/mol. The molecule has 1 N–H and O–H groups in total. The lowest BCUT2D eigenvalue weighted by Crippen LogP contribution is -2.41. The molecule has 1 amide bonds. The van der Waals surface area contributed by atoms with E-state index >= 15 is 0 Å². The molecule has 0 spiro atoms. The zero-order valence-electron chi connectivity index (χ0n) is 11.5. The zero-order valence-corrected chi connectivity index (χ0v) is 12.3. The van der Waals surface area contributed by atoms with E-state index in [1.807, 2.05) is 32.1 Å². The SMILES string of the molecule is Cc1scc2c1CC(NC(=O)OC(C)(C)C)CC2. The van der Waals surface area contributed by atoms with Gasteiger partial charge in [-0.3, -0.25) is 0 Å². The fourth-order valence-corrected chi connectivity index (χ4v) is 3.22. The Hall–Kier alpha value is -1.03. The predicted octanol–water partition coefficient (Wildman–Crippen LogP) is 3.44. The molecule has 2 rings (SSSR count). The molecule has 18 heavy (non-hydrogen) atoms. The first-order chi connectivity index (χ1) is 8.35. The zero-order chi connectivity index (χ0) is 13.3. The number of carbonyl (C=O) groups is 1. The average Bonchev–Trinajstić information content (AvgIpc) is 2.57. The van der Waals surface area contributed by atoms with Gasteiger partial charge < -0.3 is 10.1 Å². The first-order valence-electron chi connectivity index (χ1n) is 6.40. The molecule has 1 aromatic rings. The number of amides is 1. The van der Waals surface area contributed by atoms with Crippen LogP contribution in [-0.4, -0.2) is 17.7 Å². The summed E-state index contributed by atoms with van der Waals surface area (Å²) in [6, 6.07) is 0.209. The van der Waals surface area contributed by atoms with Crippen molar-refractivity contribution in [1.82, 2.24) is 5.32 Å². The summed E-state index contributed by atoms with van der Waals surface area (Å²) in [4.78, 5) is 13.1. The van der Waals surface area contributed by atoms with E-state index in [1.165, 1.54) is 16.0 Å². The van der Waals surface area contributed by atoms with E-state index in [0.717, 1.165) is 19.3 Å². The van der Waals surface area contributed by atoms with Gasteiger partial charge in [-0.05, 0) is 63.5 Å². The molecule has 1 heterocycles. The third kappa shape index (κ3) is 3.25. The van der Waals surface area contributed by atoms with E-state index in [4.69, 9.17) is 4.74 Å². The highest BCUT2D eigenvalue weighted by Gasteiger charge is 2.24. The first kappa shape index (κ1) is 13.4.